The van der Waals surface area contributed by atoms with Crippen molar-refractivity contribution in [1.29, 1.82) is 0 Å². The topological polar surface area (TPSA) is 69.3 Å². The largest absolute Gasteiger partial charge is 0.497 e. The van der Waals surface area contributed by atoms with Gasteiger partial charge in [-0.15, -0.1) is 0 Å². The predicted octanol–water partition coefficient (Wildman–Crippen LogP) is 2.10. The van der Waals surface area contributed by atoms with Crippen molar-refractivity contribution in [2.45, 2.75) is 6.54 Å². The number of nitrogens with one attached hydrogen (secondary N) is 1. The molecule has 0 aliphatic rings. The van der Waals surface area contributed by atoms with Crippen molar-refractivity contribution in [1.82, 2.24) is 14.9 Å². The predicted molar refractivity (Wildman–Crippen MR) is 77.1 cm³/mol. The lowest BCUT2D eigenvalue weighted by molar-refractivity contribution is 0.0939. The molecule has 2 aromatic heterocycles. The molecule has 108 valence electrons. The number of ether oxygens (including phenoxy) is 1. The second-order valence-corrected chi connectivity index (χ2v) is 4.63. The Balaban J connectivity index is 1.73. The number of methoxy groups -OCH3 is 1. The van der Waals surface area contributed by atoms with Gasteiger partial charge in [0, 0.05) is 19.3 Å². The summed E-state index contributed by atoms with van der Waals surface area (Å²) in [7, 11) is 3.42. The summed E-state index contributed by atoms with van der Waals surface area (Å²) < 4.78 is 12.5. The number of fused-ring (bicyclic) bond motifs is 1. The van der Waals surface area contributed by atoms with Crippen LogP contribution in [0.25, 0.3) is 11.1 Å². The van der Waals surface area contributed by atoms with Crippen LogP contribution in [-0.4, -0.2) is 22.6 Å². The average molecular weight is 285 g/mol. The molecule has 2 heterocycles. The van der Waals surface area contributed by atoms with Gasteiger partial charge in [-0.1, -0.05) is 0 Å². The summed E-state index contributed by atoms with van der Waals surface area (Å²) >= 11 is 0. The Hall–Kier alpha value is -2.76. The van der Waals surface area contributed by atoms with E-state index in [1.807, 2.05) is 19.3 Å². The summed E-state index contributed by atoms with van der Waals surface area (Å²) in [5, 5.41) is 2.78. The Morgan fingerprint density at radius 2 is 2.29 bits per heavy atom. The first-order valence-corrected chi connectivity index (χ1v) is 6.50. The third-order valence-corrected chi connectivity index (χ3v) is 3.22. The summed E-state index contributed by atoms with van der Waals surface area (Å²) in [5.74, 6) is 1.01. The molecule has 1 aromatic carbocycles. The van der Waals surface area contributed by atoms with Crippen LogP contribution in [0.1, 0.15) is 16.4 Å². The van der Waals surface area contributed by atoms with Crippen LogP contribution in [-0.2, 0) is 13.6 Å². The summed E-state index contributed by atoms with van der Waals surface area (Å²) in [5.41, 5.74) is 1.96. The molecule has 21 heavy (non-hydrogen) atoms. The molecule has 0 aliphatic heterocycles. The highest BCUT2D eigenvalue weighted by Gasteiger charge is 2.11. The van der Waals surface area contributed by atoms with E-state index in [2.05, 4.69) is 10.3 Å². The van der Waals surface area contributed by atoms with E-state index < -0.39 is 0 Å². The van der Waals surface area contributed by atoms with E-state index in [1.165, 1.54) is 0 Å². The molecule has 0 fully saturated rings. The fourth-order valence-corrected chi connectivity index (χ4v) is 2.10. The van der Waals surface area contributed by atoms with Gasteiger partial charge in [0.2, 0.25) is 5.89 Å². The Morgan fingerprint density at radius 3 is 3.00 bits per heavy atom. The lowest BCUT2D eigenvalue weighted by atomic mass is 10.3. The smallest absolute Gasteiger partial charge is 0.268 e. The molecule has 3 aromatic rings. The molecule has 0 bridgehead atoms. The van der Waals surface area contributed by atoms with E-state index in [-0.39, 0.29) is 12.5 Å². The van der Waals surface area contributed by atoms with Crippen molar-refractivity contribution in [2.75, 3.05) is 7.11 Å². The monoisotopic (exact) mass is 285 g/mol. The molecule has 0 atom stereocenters. The van der Waals surface area contributed by atoms with Crippen LogP contribution in [0, 0.1) is 0 Å². The SMILES string of the molecule is COc1ccc2oc(CNC(=O)c3cccn3C)nc2c1. The molecule has 0 unspecified atom stereocenters. The molecule has 1 N–H and O–H groups in total. The summed E-state index contributed by atoms with van der Waals surface area (Å²) in [6, 6.07) is 8.97. The van der Waals surface area contributed by atoms with Crippen LogP contribution in [0.5, 0.6) is 5.75 Å². The zero-order valence-corrected chi connectivity index (χ0v) is 11.8. The molecule has 0 radical (unpaired) electrons. The summed E-state index contributed by atoms with van der Waals surface area (Å²) in [6.45, 7) is 0.237. The number of carbonyl (C=O) groups is 1. The maximum atomic E-state index is 12.0. The van der Waals surface area contributed by atoms with Crippen LogP contribution >= 0.6 is 0 Å². The Labute approximate surface area is 121 Å². The molecular weight excluding hydrogens is 270 g/mol. The van der Waals surface area contributed by atoms with Crippen LogP contribution in [0.2, 0.25) is 0 Å². The lowest BCUT2D eigenvalue weighted by Gasteiger charge is -2.03. The Morgan fingerprint density at radius 1 is 1.43 bits per heavy atom. The number of oxazole rings is 1. The van der Waals surface area contributed by atoms with E-state index >= 15 is 0 Å². The number of amides is 1. The highest BCUT2D eigenvalue weighted by Crippen LogP contribution is 2.21. The van der Waals surface area contributed by atoms with Crippen molar-refractivity contribution in [3.8, 4) is 5.75 Å². The number of nitrogens with zero attached hydrogens (tertiary/aromatic N) is 2. The molecule has 0 saturated carbocycles. The van der Waals surface area contributed by atoms with Crippen LogP contribution in [0.3, 0.4) is 0 Å². The Kier molecular flexibility index (Phi) is 3.35. The van der Waals surface area contributed by atoms with Crippen molar-refractivity contribution in [3.05, 3.63) is 48.1 Å². The van der Waals surface area contributed by atoms with E-state index in [4.69, 9.17) is 9.15 Å². The molecule has 0 aliphatic carbocycles. The molecule has 0 spiro atoms. The Bertz CT molecular complexity index is 788. The zero-order valence-electron chi connectivity index (χ0n) is 11.8. The number of carbonyl (C=O) groups excluding carboxylic acids is 1. The van der Waals surface area contributed by atoms with Gasteiger partial charge < -0.3 is 19.0 Å². The van der Waals surface area contributed by atoms with Crippen molar-refractivity contribution >= 4 is 17.0 Å². The highest BCUT2D eigenvalue weighted by atomic mass is 16.5. The van der Waals surface area contributed by atoms with Gasteiger partial charge in [-0.2, -0.15) is 0 Å². The number of hydrogen-bond donors (Lipinski definition) is 1. The molecule has 6 heteroatoms. The average Bonchev–Trinajstić information content (AvgIpc) is 3.09. The highest BCUT2D eigenvalue weighted by molar-refractivity contribution is 5.92. The van der Waals surface area contributed by atoms with Gasteiger partial charge in [-0.25, -0.2) is 4.98 Å². The molecule has 3 rings (SSSR count). The first-order chi connectivity index (χ1) is 10.2. The maximum absolute atomic E-state index is 12.0. The number of hydrogen-bond acceptors (Lipinski definition) is 4. The number of rotatable bonds is 4. The second-order valence-electron chi connectivity index (χ2n) is 4.63. The standard InChI is InChI=1S/C15H15N3O3/c1-18-7-3-4-12(18)15(19)16-9-14-17-11-8-10(20-2)5-6-13(11)21-14/h3-8H,9H2,1-2H3,(H,16,19). The van der Waals surface area contributed by atoms with Crippen LogP contribution in [0.15, 0.2) is 40.9 Å². The molecular formula is C15H15N3O3. The lowest BCUT2D eigenvalue weighted by Crippen LogP contribution is -2.24. The zero-order chi connectivity index (χ0) is 14.8. The first kappa shape index (κ1) is 13.2. The normalized spacial score (nSPS) is 10.8. The first-order valence-electron chi connectivity index (χ1n) is 6.50. The number of aromatic nitrogens is 2. The molecule has 0 saturated heterocycles. The van der Waals surface area contributed by atoms with E-state index in [9.17, 15) is 4.79 Å². The van der Waals surface area contributed by atoms with Gasteiger partial charge in [0.15, 0.2) is 5.58 Å². The van der Waals surface area contributed by atoms with E-state index in [1.54, 1.807) is 35.9 Å². The number of benzene rings is 1. The van der Waals surface area contributed by atoms with Crippen molar-refractivity contribution in [3.63, 3.8) is 0 Å². The fourth-order valence-electron chi connectivity index (χ4n) is 2.10. The van der Waals surface area contributed by atoms with Gasteiger partial charge in [0.1, 0.15) is 17.0 Å². The van der Waals surface area contributed by atoms with Gasteiger partial charge in [-0.05, 0) is 24.3 Å². The maximum Gasteiger partial charge on any atom is 0.268 e. The number of aryl methyl sites for hydroxylation is 1. The van der Waals surface area contributed by atoms with E-state index in [0.29, 0.717) is 22.7 Å². The van der Waals surface area contributed by atoms with Crippen LogP contribution < -0.4 is 10.1 Å². The minimum absolute atomic E-state index is 0.165. The van der Waals surface area contributed by atoms with Gasteiger partial charge in [0.25, 0.3) is 5.91 Å². The van der Waals surface area contributed by atoms with Crippen molar-refractivity contribution in [2.24, 2.45) is 7.05 Å². The molecule has 6 nitrogen and oxygen atoms in total. The summed E-state index contributed by atoms with van der Waals surface area (Å²) in [6.07, 6.45) is 1.82. The minimum atomic E-state index is -0.165. The van der Waals surface area contributed by atoms with Gasteiger partial charge in [0.05, 0.1) is 13.7 Å². The second kappa shape index (κ2) is 5.32. The quantitative estimate of drug-likeness (QED) is 0.797. The third-order valence-electron chi connectivity index (χ3n) is 3.22. The third kappa shape index (κ3) is 2.60. The van der Waals surface area contributed by atoms with Gasteiger partial charge in [-0.3, -0.25) is 4.79 Å². The fraction of sp³-hybridized carbons (Fsp3) is 0.200. The summed E-state index contributed by atoms with van der Waals surface area (Å²) in [4.78, 5) is 16.3. The molecule has 1 amide bonds. The van der Waals surface area contributed by atoms with Crippen LogP contribution in [0.4, 0.5) is 0 Å². The van der Waals surface area contributed by atoms with Gasteiger partial charge >= 0.3 is 0 Å². The minimum Gasteiger partial charge on any atom is -0.497 e. The van der Waals surface area contributed by atoms with E-state index in [0.717, 1.165) is 5.75 Å². The van der Waals surface area contributed by atoms with Crippen molar-refractivity contribution < 1.29 is 13.9 Å².